The molecule has 19 heavy (non-hydrogen) atoms. The highest BCUT2D eigenvalue weighted by Gasteiger charge is 2.23. The molecule has 2 aromatic heterocycles. The largest absolute Gasteiger partial charge is 0.436 e. The zero-order valence-corrected chi connectivity index (χ0v) is 12.2. The summed E-state index contributed by atoms with van der Waals surface area (Å²) in [5.74, 6) is 0.692. The van der Waals surface area contributed by atoms with Gasteiger partial charge in [-0.15, -0.1) is 11.3 Å². The number of aryl methyl sites for hydroxylation is 2. The van der Waals surface area contributed by atoms with Gasteiger partial charge in [0.1, 0.15) is 9.97 Å². The van der Waals surface area contributed by atoms with Crippen molar-refractivity contribution in [3.05, 3.63) is 32.5 Å². The van der Waals surface area contributed by atoms with E-state index in [2.05, 4.69) is 4.98 Å². The molecule has 0 fully saturated rings. The van der Waals surface area contributed by atoms with Gasteiger partial charge in [0, 0.05) is 10.9 Å². The first-order valence-corrected chi connectivity index (χ1v) is 7.10. The molecule has 8 heteroatoms. The molecule has 0 aliphatic rings. The lowest BCUT2D eigenvalue weighted by Gasteiger charge is -1.95. The van der Waals surface area contributed by atoms with Crippen LogP contribution in [0.5, 0.6) is 0 Å². The van der Waals surface area contributed by atoms with Crippen LogP contribution in [0.15, 0.2) is 19.9 Å². The molecule has 1 atom stereocenters. The molecule has 0 bridgehead atoms. The molecular formula is C11H12N2O4S2. The summed E-state index contributed by atoms with van der Waals surface area (Å²) >= 11 is 2.28. The molecule has 6 nitrogen and oxygen atoms in total. The number of thiophene rings is 1. The van der Waals surface area contributed by atoms with Gasteiger partial charge < -0.3 is 9.52 Å². The molecule has 0 amide bonds. The number of oxazole rings is 1. The summed E-state index contributed by atoms with van der Waals surface area (Å²) in [6.07, 6.45) is -0.730. The van der Waals surface area contributed by atoms with E-state index >= 15 is 0 Å². The van der Waals surface area contributed by atoms with Crippen LogP contribution in [0, 0.1) is 24.0 Å². The Balaban J connectivity index is 2.35. The van der Waals surface area contributed by atoms with Crippen LogP contribution in [-0.4, -0.2) is 15.0 Å². The zero-order chi connectivity index (χ0) is 14.2. The third-order valence-electron chi connectivity index (χ3n) is 2.50. The van der Waals surface area contributed by atoms with Crippen molar-refractivity contribution in [1.82, 2.24) is 4.98 Å². The maximum Gasteiger partial charge on any atom is 0.294 e. The Labute approximate surface area is 117 Å². The topological polar surface area (TPSA) is 89.4 Å². The highest BCUT2D eigenvalue weighted by molar-refractivity contribution is 8.01. The summed E-state index contributed by atoms with van der Waals surface area (Å²) in [6, 6.07) is 1.39. The first kappa shape index (κ1) is 14.0. The first-order chi connectivity index (χ1) is 8.88. The lowest BCUT2D eigenvalue weighted by molar-refractivity contribution is -0.387. The quantitative estimate of drug-likeness (QED) is 0.687. The van der Waals surface area contributed by atoms with Crippen molar-refractivity contribution in [3.63, 3.8) is 0 Å². The van der Waals surface area contributed by atoms with Crippen LogP contribution < -0.4 is 0 Å². The summed E-state index contributed by atoms with van der Waals surface area (Å²) in [5, 5.41) is 20.9. The Kier molecular flexibility index (Phi) is 3.93. The smallest absolute Gasteiger partial charge is 0.294 e. The molecule has 0 radical (unpaired) electrons. The van der Waals surface area contributed by atoms with Crippen LogP contribution in [0.25, 0.3) is 0 Å². The lowest BCUT2D eigenvalue weighted by atomic mass is 10.3. The molecule has 0 aromatic carbocycles. The summed E-state index contributed by atoms with van der Waals surface area (Å²) in [7, 11) is 0. The summed E-state index contributed by atoms with van der Waals surface area (Å²) in [5.41, 5.74) is 0.733. The SMILES string of the molecule is Cc1nc(Sc2sc(C(C)O)cc2[N+](=O)[O-])oc1C. The number of aliphatic hydroxyl groups is 1. The average molecular weight is 300 g/mol. The van der Waals surface area contributed by atoms with Gasteiger partial charge in [0.05, 0.1) is 16.7 Å². The normalized spacial score (nSPS) is 12.6. The van der Waals surface area contributed by atoms with E-state index in [1.165, 1.54) is 17.4 Å². The van der Waals surface area contributed by atoms with E-state index in [1.807, 2.05) is 6.92 Å². The van der Waals surface area contributed by atoms with Gasteiger partial charge in [0.15, 0.2) is 0 Å². The fourth-order valence-corrected chi connectivity index (χ4v) is 3.56. The van der Waals surface area contributed by atoms with Gasteiger partial charge in [-0.3, -0.25) is 10.1 Å². The average Bonchev–Trinajstić information content (AvgIpc) is 2.84. The monoisotopic (exact) mass is 300 g/mol. The fourth-order valence-electron chi connectivity index (χ4n) is 1.35. The number of hydrogen-bond donors (Lipinski definition) is 1. The molecule has 0 aliphatic carbocycles. The summed E-state index contributed by atoms with van der Waals surface area (Å²) < 4.78 is 5.86. The highest BCUT2D eigenvalue weighted by atomic mass is 32.2. The molecule has 2 aromatic rings. The molecule has 2 heterocycles. The predicted octanol–water partition coefficient (Wildman–Crippen LogP) is 3.47. The summed E-state index contributed by atoms with van der Waals surface area (Å²) in [6.45, 7) is 5.17. The molecule has 0 spiro atoms. The minimum Gasteiger partial charge on any atom is -0.436 e. The molecule has 102 valence electrons. The Morgan fingerprint density at radius 3 is 2.74 bits per heavy atom. The van der Waals surface area contributed by atoms with Crippen molar-refractivity contribution >= 4 is 28.8 Å². The number of hydrogen-bond acceptors (Lipinski definition) is 7. The minimum absolute atomic E-state index is 0.0283. The summed E-state index contributed by atoms with van der Waals surface area (Å²) in [4.78, 5) is 15.2. The maximum absolute atomic E-state index is 11.0. The second-order valence-corrected chi connectivity index (χ2v) is 6.28. The Morgan fingerprint density at radius 1 is 1.58 bits per heavy atom. The van der Waals surface area contributed by atoms with Crippen LogP contribution in [-0.2, 0) is 0 Å². The molecule has 0 aliphatic heterocycles. The standard InChI is InChI=1S/C11H12N2O4S2/c1-5-7(3)17-11(12-5)19-10-8(13(15)16)4-9(18-10)6(2)14/h4,6,14H,1-3H3. The Bertz CT molecular complexity index is 599. The van der Waals surface area contributed by atoms with E-state index in [4.69, 9.17) is 4.42 Å². The van der Waals surface area contributed by atoms with Crippen molar-refractivity contribution < 1.29 is 14.4 Å². The number of nitrogens with zero attached hydrogens (tertiary/aromatic N) is 2. The first-order valence-electron chi connectivity index (χ1n) is 5.46. The Morgan fingerprint density at radius 2 is 2.26 bits per heavy atom. The van der Waals surface area contributed by atoms with Crippen LogP contribution >= 0.6 is 23.1 Å². The van der Waals surface area contributed by atoms with Crippen molar-refractivity contribution in [2.24, 2.45) is 0 Å². The molecule has 0 saturated heterocycles. The zero-order valence-electron chi connectivity index (χ0n) is 10.5. The molecular weight excluding hydrogens is 288 g/mol. The van der Waals surface area contributed by atoms with Gasteiger partial charge in [-0.25, -0.2) is 4.98 Å². The number of rotatable bonds is 4. The van der Waals surface area contributed by atoms with E-state index < -0.39 is 11.0 Å². The molecule has 1 N–H and O–H groups in total. The Hall–Kier alpha value is -1.38. The van der Waals surface area contributed by atoms with Gasteiger partial charge in [0.25, 0.3) is 10.9 Å². The van der Waals surface area contributed by atoms with Crippen molar-refractivity contribution in [3.8, 4) is 0 Å². The van der Waals surface area contributed by atoms with E-state index in [-0.39, 0.29) is 5.69 Å². The minimum atomic E-state index is -0.730. The van der Waals surface area contributed by atoms with E-state index in [0.29, 0.717) is 20.1 Å². The van der Waals surface area contributed by atoms with Crippen LogP contribution in [0.1, 0.15) is 29.4 Å². The maximum atomic E-state index is 11.0. The van der Waals surface area contributed by atoms with Crippen molar-refractivity contribution in [2.45, 2.75) is 36.3 Å². The molecule has 2 rings (SSSR count). The predicted molar refractivity (Wildman–Crippen MR) is 71.7 cm³/mol. The third kappa shape index (κ3) is 2.96. The van der Waals surface area contributed by atoms with E-state index in [0.717, 1.165) is 17.5 Å². The van der Waals surface area contributed by atoms with Gasteiger partial charge in [-0.1, -0.05) is 0 Å². The fraction of sp³-hybridized carbons (Fsp3) is 0.364. The number of nitro groups is 1. The van der Waals surface area contributed by atoms with Crippen molar-refractivity contribution in [1.29, 1.82) is 0 Å². The second kappa shape index (κ2) is 5.32. The van der Waals surface area contributed by atoms with Crippen LogP contribution in [0.4, 0.5) is 5.69 Å². The van der Waals surface area contributed by atoms with E-state index in [1.54, 1.807) is 13.8 Å². The number of aromatic nitrogens is 1. The third-order valence-corrected chi connectivity index (χ3v) is 4.83. The second-order valence-electron chi connectivity index (χ2n) is 3.98. The lowest BCUT2D eigenvalue weighted by Crippen LogP contribution is -1.87. The van der Waals surface area contributed by atoms with Crippen LogP contribution in [0.2, 0.25) is 0 Å². The molecule has 0 saturated carbocycles. The van der Waals surface area contributed by atoms with E-state index in [9.17, 15) is 15.2 Å². The highest BCUT2D eigenvalue weighted by Crippen LogP contribution is 2.42. The van der Waals surface area contributed by atoms with Crippen molar-refractivity contribution in [2.75, 3.05) is 0 Å². The number of aliphatic hydroxyl groups excluding tert-OH is 1. The van der Waals surface area contributed by atoms with Gasteiger partial charge in [-0.2, -0.15) is 0 Å². The van der Waals surface area contributed by atoms with Gasteiger partial charge >= 0.3 is 0 Å². The molecule has 1 unspecified atom stereocenters. The van der Waals surface area contributed by atoms with Crippen LogP contribution in [0.3, 0.4) is 0 Å². The van der Waals surface area contributed by atoms with Gasteiger partial charge in [0.2, 0.25) is 0 Å². The van der Waals surface area contributed by atoms with Gasteiger partial charge in [-0.05, 0) is 32.5 Å².